The van der Waals surface area contributed by atoms with Gasteiger partial charge >= 0.3 is 6.03 Å². The molecule has 0 spiro atoms. The van der Waals surface area contributed by atoms with E-state index in [0.717, 1.165) is 35.8 Å². The van der Waals surface area contributed by atoms with E-state index < -0.39 is 0 Å². The van der Waals surface area contributed by atoms with Crippen LogP contribution in [0.15, 0.2) is 61.2 Å². The van der Waals surface area contributed by atoms with Crippen LogP contribution in [-0.2, 0) is 0 Å². The lowest BCUT2D eigenvalue weighted by molar-refractivity contribution is 0.191. The summed E-state index contributed by atoms with van der Waals surface area (Å²) in [7, 11) is 1.67. The molecule has 2 aromatic carbocycles. The summed E-state index contributed by atoms with van der Waals surface area (Å²) in [6.45, 7) is 4.99. The van der Waals surface area contributed by atoms with Crippen LogP contribution in [0.4, 0.5) is 10.5 Å². The predicted octanol–water partition coefficient (Wildman–Crippen LogP) is 2.87. The van der Waals surface area contributed by atoms with Crippen LogP contribution in [0.2, 0.25) is 0 Å². The Labute approximate surface area is 176 Å². The van der Waals surface area contributed by atoms with E-state index in [9.17, 15) is 4.79 Å². The third-order valence-electron chi connectivity index (χ3n) is 5.42. The zero-order valence-corrected chi connectivity index (χ0v) is 17.2. The number of anilines is 1. The summed E-state index contributed by atoms with van der Waals surface area (Å²) < 4.78 is 6.92. The Balaban J connectivity index is 1.29. The number of hydrogen-bond donors (Lipinski definition) is 1. The van der Waals surface area contributed by atoms with Crippen LogP contribution in [-0.4, -0.2) is 59.0 Å². The number of hydrogen-bond acceptors (Lipinski definition) is 5. The molecule has 8 heteroatoms. The van der Waals surface area contributed by atoms with Crippen molar-refractivity contribution >= 4 is 11.7 Å². The molecule has 0 radical (unpaired) electrons. The van der Waals surface area contributed by atoms with Gasteiger partial charge in [-0.25, -0.2) is 14.5 Å². The summed E-state index contributed by atoms with van der Waals surface area (Å²) in [5, 5.41) is 7.23. The fraction of sp³-hybridized carbons (Fsp3) is 0.318. The molecule has 1 N–H and O–H groups in total. The fourth-order valence-electron chi connectivity index (χ4n) is 3.58. The van der Waals surface area contributed by atoms with Gasteiger partial charge in [-0.3, -0.25) is 0 Å². The Kier molecular flexibility index (Phi) is 5.83. The smallest absolute Gasteiger partial charge is 0.317 e. The highest BCUT2D eigenvalue weighted by Crippen LogP contribution is 2.21. The number of urea groups is 1. The molecule has 0 bridgehead atoms. The lowest BCUT2D eigenvalue weighted by Crippen LogP contribution is -2.52. The van der Waals surface area contributed by atoms with Crippen LogP contribution in [0.3, 0.4) is 0 Å². The lowest BCUT2D eigenvalue weighted by Gasteiger charge is -2.36. The third-order valence-corrected chi connectivity index (χ3v) is 5.42. The van der Waals surface area contributed by atoms with Crippen molar-refractivity contribution < 1.29 is 9.53 Å². The van der Waals surface area contributed by atoms with Crippen molar-refractivity contribution in [1.82, 2.24) is 25.0 Å². The van der Waals surface area contributed by atoms with E-state index >= 15 is 0 Å². The fourth-order valence-corrected chi connectivity index (χ4v) is 3.58. The van der Waals surface area contributed by atoms with Crippen LogP contribution in [0.25, 0.3) is 5.69 Å². The highest BCUT2D eigenvalue weighted by Gasteiger charge is 2.22. The molecule has 30 heavy (non-hydrogen) atoms. The Hall–Kier alpha value is -3.55. The minimum Gasteiger partial charge on any atom is -0.497 e. The van der Waals surface area contributed by atoms with Crippen LogP contribution >= 0.6 is 0 Å². The normalized spacial score (nSPS) is 15.0. The van der Waals surface area contributed by atoms with Gasteiger partial charge in [-0.15, -0.1) is 0 Å². The molecule has 156 valence electrons. The van der Waals surface area contributed by atoms with Gasteiger partial charge in [0.05, 0.1) is 18.8 Å². The van der Waals surface area contributed by atoms with Crippen molar-refractivity contribution in [3.05, 3.63) is 66.7 Å². The standard InChI is InChI=1S/C22H26N6O2/c1-17(18-3-5-20(6-4-18)28-16-23-15-24-28)25-22(29)27-13-11-26(12-14-27)19-7-9-21(30-2)10-8-19/h3-10,15-17H,11-14H2,1-2H3,(H,25,29)/t17-/m0/s1. The molecule has 1 fully saturated rings. The molecule has 4 rings (SSSR count). The molecule has 0 aliphatic carbocycles. The SMILES string of the molecule is COc1ccc(N2CCN(C(=O)N[C@@H](C)c3ccc(-n4cncn4)cc3)CC2)cc1. The van der Waals surface area contributed by atoms with Crippen molar-refractivity contribution in [3.8, 4) is 11.4 Å². The maximum atomic E-state index is 12.7. The number of nitrogens with one attached hydrogen (secondary N) is 1. The first-order valence-electron chi connectivity index (χ1n) is 10.0. The van der Waals surface area contributed by atoms with Gasteiger partial charge < -0.3 is 19.9 Å². The Morgan fingerprint density at radius 1 is 1.00 bits per heavy atom. The number of methoxy groups -OCH3 is 1. The average Bonchev–Trinajstić information content (AvgIpc) is 3.34. The maximum Gasteiger partial charge on any atom is 0.317 e. The molecule has 1 aliphatic heterocycles. The number of rotatable bonds is 5. The first-order valence-corrected chi connectivity index (χ1v) is 10.0. The Bertz CT molecular complexity index is 948. The first kappa shape index (κ1) is 19.8. The van der Waals surface area contributed by atoms with Gasteiger partial charge in [0.15, 0.2) is 0 Å². The van der Waals surface area contributed by atoms with E-state index in [0.29, 0.717) is 13.1 Å². The lowest BCUT2D eigenvalue weighted by atomic mass is 10.1. The highest BCUT2D eigenvalue weighted by molar-refractivity contribution is 5.75. The maximum absolute atomic E-state index is 12.7. The number of amides is 2. The van der Waals surface area contributed by atoms with Crippen molar-refractivity contribution in [3.63, 3.8) is 0 Å². The number of nitrogens with zero attached hydrogens (tertiary/aromatic N) is 5. The third kappa shape index (κ3) is 4.37. The van der Waals surface area contributed by atoms with Gasteiger partial charge in [-0.05, 0) is 48.9 Å². The molecule has 0 saturated carbocycles. The van der Waals surface area contributed by atoms with E-state index in [1.54, 1.807) is 18.1 Å². The summed E-state index contributed by atoms with van der Waals surface area (Å²) in [5.74, 6) is 0.847. The Morgan fingerprint density at radius 3 is 2.27 bits per heavy atom. The monoisotopic (exact) mass is 406 g/mol. The van der Waals surface area contributed by atoms with E-state index in [-0.39, 0.29) is 12.1 Å². The van der Waals surface area contributed by atoms with E-state index in [2.05, 4.69) is 32.4 Å². The molecule has 0 unspecified atom stereocenters. The molecule has 2 amide bonds. The van der Waals surface area contributed by atoms with Crippen molar-refractivity contribution in [2.75, 3.05) is 38.2 Å². The molecule has 1 aliphatic rings. The van der Waals surface area contributed by atoms with Crippen molar-refractivity contribution in [1.29, 1.82) is 0 Å². The van der Waals surface area contributed by atoms with E-state index in [1.807, 2.05) is 48.2 Å². The molecule has 1 saturated heterocycles. The van der Waals surface area contributed by atoms with Gasteiger partial charge in [0.2, 0.25) is 0 Å². The minimum atomic E-state index is -0.0816. The molecular weight excluding hydrogens is 380 g/mol. The number of benzene rings is 2. The van der Waals surface area contributed by atoms with Gasteiger partial charge in [0.25, 0.3) is 0 Å². The summed E-state index contributed by atoms with van der Waals surface area (Å²) >= 11 is 0. The van der Waals surface area contributed by atoms with Crippen LogP contribution in [0.1, 0.15) is 18.5 Å². The second-order valence-corrected chi connectivity index (χ2v) is 7.27. The molecule has 2 heterocycles. The summed E-state index contributed by atoms with van der Waals surface area (Å²) in [4.78, 5) is 20.8. The zero-order valence-electron chi connectivity index (χ0n) is 17.2. The van der Waals surface area contributed by atoms with E-state index in [1.165, 1.54) is 6.33 Å². The molecular formula is C22H26N6O2. The number of carbonyl (C=O) groups excluding carboxylic acids is 1. The van der Waals surface area contributed by atoms with E-state index in [4.69, 9.17) is 4.74 Å². The van der Waals surface area contributed by atoms with Gasteiger partial charge in [0.1, 0.15) is 18.4 Å². The van der Waals surface area contributed by atoms with Gasteiger partial charge in [-0.2, -0.15) is 5.10 Å². The largest absolute Gasteiger partial charge is 0.497 e. The number of aromatic nitrogens is 3. The number of ether oxygens (including phenoxy) is 1. The summed E-state index contributed by atoms with van der Waals surface area (Å²) in [6.07, 6.45) is 3.16. The minimum absolute atomic E-state index is 0.0303. The van der Waals surface area contributed by atoms with Crippen molar-refractivity contribution in [2.45, 2.75) is 13.0 Å². The van der Waals surface area contributed by atoms with Gasteiger partial charge in [0, 0.05) is 31.9 Å². The van der Waals surface area contributed by atoms with Gasteiger partial charge in [-0.1, -0.05) is 12.1 Å². The molecule has 1 atom stereocenters. The molecule has 3 aromatic rings. The second kappa shape index (κ2) is 8.86. The highest BCUT2D eigenvalue weighted by atomic mass is 16.5. The summed E-state index contributed by atoms with van der Waals surface area (Å²) in [5.41, 5.74) is 3.13. The quantitative estimate of drug-likeness (QED) is 0.705. The second-order valence-electron chi connectivity index (χ2n) is 7.27. The zero-order chi connectivity index (χ0) is 20.9. The summed E-state index contributed by atoms with van der Waals surface area (Å²) in [6, 6.07) is 15.9. The first-order chi connectivity index (χ1) is 14.6. The van der Waals surface area contributed by atoms with Crippen LogP contribution in [0, 0.1) is 0 Å². The molecule has 1 aromatic heterocycles. The van der Waals surface area contributed by atoms with Crippen molar-refractivity contribution in [2.24, 2.45) is 0 Å². The van der Waals surface area contributed by atoms with Crippen LogP contribution in [0.5, 0.6) is 5.75 Å². The number of piperazine rings is 1. The number of carbonyl (C=O) groups is 1. The average molecular weight is 406 g/mol. The molecule has 8 nitrogen and oxygen atoms in total. The van der Waals surface area contributed by atoms with Crippen LogP contribution < -0.4 is 15.0 Å². The Morgan fingerprint density at radius 2 is 1.67 bits per heavy atom. The topological polar surface area (TPSA) is 75.5 Å². The predicted molar refractivity (Wildman–Crippen MR) is 115 cm³/mol.